The molecule has 2 atom stereocenters. The molecule has 124 valence electrons. The van der Waals surface area contributed by atoms with Crippen molar-refractivity contribution < 1.29 is 14.3 Å². The van der Waals surface area contributed by atoms with Crippen LogP contribution in [0.2, 0.25) is 5.02 Å². The molecule has 6 nitrogen and oxygen atoms in total. The van der Waals surface area contributed by atoms with Gasteiger partial charge in [0.2, 0.25) is 5.91 Å². The van der Waals surface area contributed by atoms with E-state index in [1.165, 1.54) is 0 Å². The van der Waals surface area contributed by atoms with Gasteiger partial charge in [0.05, 0.1) is 12.1 Å². The molecular formula is C16H20ClN3O3. The summed E-state index contributed by atoms with van der Waals surface area (Å²) in [5.74, 6) is -0.00301. The van der Waals surface area contributed by atoms with Crippen molar-refractivity contribution in [3.63, 3.8) is 0 Å². The number of hydrogen-bond acceptors (Lipinski definition) is 3. The highest BCUT2D eigenvalue weighted by Gasteiger charge is 2.31. The smallest absolute Gasteiger partial charge is 0.315 e. The number of hydrogen-bond donors (Lipinski definition) is 2. The number of urea groups is 1. The van der Waals surface area contributed by atoms with Crippen LogP contribution in [0.1, 0.15) is 19.3 Å². The van der Waals surface area contributed by atoms with Crippen LogP contribution in [0, 0.1) is 0 Å². The number of ether oxygens (including phenoxy) is 1. The van der Waals surface area contributed by atoms with E-state index in [4.69, 9.17) is 16.3 Å². The van der Waals surface area contributed by atoms with Gasteiger partial charge in [-0.2, -0.15) is 0 Å². The molecule has 2 unspecified atom stereocenters. The van der Waals surface area contributed by atoms with E-state index in [1.807, 2.05) is 0 Å². The quantitative estimate of drug-likeness (QED) is 0.882. The Morgan fingerprint density at radius 1 is 1.35 bits per heavy atom. The SMILES string of the molecule is O=C(NCC1CCCO1)NC1CC(=O)N(c2ccc(Cl)cc2)C1. The zero-order chi connectivity index (χ0) is 16.2. The summed E-state index contributed by atoms with van der Waals surface area (Å²) in [6.07, 6.45) is 2.43. The van der Waals surface area contributed by atoms with Crippen LogP contribution >= 0.6 is 11.6 Å². The predicted octanol–water partition coefficient (Wildman–Crippen LogP) is 1.92. The van der Waals surface area contributed by atoms with Crippen LogP contribution in [0.25, 0.3) is 0 Å². The second kappa shape index (κ2) is 7.19. The Morgan fingerprint density at radius 2 is 2.13 bits per heavy atom. The number of carbonyl (C=O) groups is 2. The summed E-state index contributed by atoms with van der Waals surface area (Å²) >= 11 is 5.86. The molecule has 0 aromatic heterocycles. The Morgan fingerprint density at radius 3 is 2.83 bits per heavy atom. The molecule has 1 aromatic rings. The number of anilines is 1. The summed E-state index contributed by atoms with van der Waals surface area (Å²) < 4.78 is 5.46. The maximum atomic E-state index is 12.1. The Hall–Kier alpha value is -1.79. The van der Waals surface area contributed by atoms with E-state index in [0.717, 1.165) is 25.1 Å². The topological polar surface area (TPSA) is 70.7 Å². The number of benzene rings is 1. The molecule has 0 saturated carbocycles. The molecule has 0 spiro atoms. The van der Waals surface area contributed by atoms with Gasteiger partial charge in [0.15, 0.2) is 0 Å². The highest BCUT2D eigenvalue weighted by Crippen LogP contribution is 2.23. The van der Waals surface area contributed by atoms with E-state index in [-0.39, 0.29) is 24.1 Å². The van der Waals surface area contributed by atoms with Gasteiger partial charge in [-0.1, -0.05) is 11.6 Å². The van der Waals surface area contributed by atoms with Crippen molar-refractivity contribution in [2.45, 2.75) is 31.4 Å². The maximum absolute atomic E-state index is 12.1. The fraction of sp³-hybridized carbons (Fsp3) is 0.500. The summed E-state index contributed by atoms with van der Waals surface area (Å²) in [6.45, 7) is 1.74. The van der Waals surface area contributed by atoms with Gasteiger partial charge >= 0.3 is 6.03 Å². The number of amides is 3. The van der Waals surface area contributed by atoms with Crippen LogP contribution in [0.3, 0.4) is 0 Å². The second-order valence-electron chi connectivity index (χ2n) is 5.87. The van der Waals surface area contributed by atoms with Crippen molar-refractivity contribution in [2.24, 2.45) is 0 Å². The summed E-state index contributed by atoms with van der Waals surface area (Å²) in [4.78, 5) is 25.7. The first-order valence-electron chi connectivity index (χ1n) is 7.84. The first-order chi connectivity index (χ1) is 11.1. The third-order valence-electron chi connectivity index (χ3n) is 4.11. The number of carbonyl (C=O) groups excluding carboxylic acids is 2. The van der Waals surface area contributed by atoms with Crippen molar-refractivity contribution in [2.75, 3.05) is 24.6 Å². The van der Waals surface area contributed by atoms with Crippen molar-refractivity contribution in [3.8, 4) is 0 Å². The molecule has 2 saturated heterocycles. The number of nitrogens with one attached hydrogen (secondary N) is 2. The molecule has 2 aliphatic rings. The van der Waals surface area contributed by atoms with Crippen LogP contribution in [0.15, 0.2) is 24.3 Å². The third kappa shape index (κ3) is 4.14. The molecular weight excluding hydrogens is 318 g/mol. The van der Waals surface area contributed by atoms with E-state index in [0.29, 0.717) is 24.5 Å². The van der Waals surface area contributed by atoms with Crippen LogP contribution in [0.4, 0.5) is 10.5 Å². The van der Waals surface area contributed by atoms with Crippen molar-refractivity contribution in [1.29, 1.82) is 0 Å². The first kappa shape index (κ1) is 16.1. The zero-order valence-corrected chi connectivity index (χ0v) is 13.5. The molecule has 2 N–H and O–H groups in total. The minimum absolute atomic E-state index is 0.00301. The van der Waals surface area contributed by atoms with Crippen LogP contribution < -0.4 is 15.5 Å². The molecule has 3 amide bonds. The summed E-state index contributed by atoms with van der Waals surface area (Å²) in [5.41, 5.74) is 0.795. The average molecular weight is 338 g/mol. The average Bonchev–Trinajstić information content (AvgIpc) is 3.16. The second-order valence-corrected chi connectivity index (χ2v) is 6.31. The number of nitrogens with zero attached hydrogens (tertiary/aromatic N) is 1. The minimum atomic E-state index is -0.253. The Bertz CT molecular complexity index is 572. The largest absolute Gasteiger partial charge is 0.376 e. The molecule has 0 radical (unpaired) electrons. The summed E-state index contributed by atoms with van der Waals surface area (Å²) in [6, 6.07) is 6.66. The molecule has 3 rings (SSSR count). The van der Waals surface area contributed by atoms with Crippen LogP contribution in [-0.4, -0.2) is 43.8 Å². The normalized spacial score (nSPS) is 24.0. The fourth-order valence-electron chi connectivity index (χ4n) is 2.92. The molecule has 2 fully saturated rings. The van der Waals surface area contributed by atoms with Gasteiger partial charge in [0, 0.05) is 36.8 Å². The Kier molecular flexibility index (Phi) is 5.03. The van der Waals surface area contributed by atoms with E-state index in [1.54, 1.807) is 29.2 Å². The first-order valence-corrected chi connectivity index (χ1v) is 8.21. The molecule has 7 heteroatoms. The Labute approximate surface area is 140 Å². The molecule has 2 heterocycles. The van der Waals surface area contributed by atoms with Crippen LogP contribution in [0.5, 0.6) is 0 Å². The van der Waals surface area contributed by atoms with E-state index < -0.39 is 0 Å². The molecule has 2 aliphatic heterocycles. The van der Waals surface area contributed by atoms with Crippen LogP contribution in [-0.2, 0) is 9.53 Å². The maximum Gasteiger partial charge on any atom is 0.315 e. The van der Waals surface area contributed by atoms with Gasteiger partial charge < -0.3 is 20.3 Å². The number of rotatable bonds is 4. The zero-order valence-electron chi connectivity index (χ0n) is 12.8. The fourth-order valence-corrected chi connectivity index (χ4v) is 3.05. The van der Waals surface area contributed by atoms with Gasteiger partial charge in [-0.15, -0.1) is 0 Å². The van der Waals surface area contributed by atoms with E-state index in [9.17, 15) is 9.59 Å². The third-order valence-corrected chi connectivity index (χ3v) is 4.36. The standard InChI is InChI=1S/C16H20ClN3O3/c17-11-3-5-13(6-4-11)20-10-12(8-15(20)21)19-16(22)18-9-14-2-1-7-23-14/h3-6,12,14H,1-2,7-10H2,(H2,18,19,22). The lowest BCUT2D eigenvalue weighted by Gasteiger charge is -2.18. The molecule has 23 heavy (non-hydrogen) atoms. The van der Waals surface area contributed by atoms with Gasteiger partial charge in [0.25, 0.3) is 0 Å². The highest BCUT2D eigenvalue weighted by atomic mass is 35.5. The van der Waals surface area contributed by atoms with E-state index >= 15 is 0 Å². The molecule has 0 bridgehead atoms. The van der Waals surface area contributed by atoms with Gasteiger partial charge in [0.1, 0.15) is 0 Å². The summed E-state index contributed by atoms with van der Waals surface area (Å²) in [7, 11) is 0. The highest BCUT2D eigenvalue weighted by molar-refractivity contribution is 6.30. The van der Waals surface area contributed by atoms with Gasteiger partial charge in [-0.05, 0) is 37.1 Å². The number of halogens is 1. The van der Waals surface area contributed by atoms with Crippen molar-refractivity contribution in [3.05, 3.63) is 29.3 Å². The lowest BCUT2D eigenvalue weighted by molar-refractivity contribution is -0.117. The van der Waals surface area contributed by atoms with E-state index in [2.05, 4.69) is 10.6 Å². The molecule has 0 aliphatic carbocycles. The van der Waals surface area contributed by atoms with Crippen molar-refractivity contribution >= 4 is 29.2 Å². The predicted molar refractivity (Wildman–Crippen MR) is 87.7 cm³/mol. The minimum Gasteiger partial charge on any atom is -0.376 e. The van der Waals surface area contributed by atoms with Gasteiger partial charge in [-0.25, -0.2) is 4.79 Å². The lowest BCUT2D eigenvalue weighted by Crippen LogP contribution is -2.45. The Balaban J connectivity index is 1.48. The van der Waals surface area contributed by atoms with Gasteiger partial charge in [-0.3, -0.25) is 4.79 Å². The molecule has 1 aromatic carbocycles. The summed E-state index contributed by atoms with van der Waals surface area (Å²) in [5, 5.41) is 6.28. The van der Waals surface area contributed by atoms with Crippen molar-refractivity contribution in [1.82, 2.24) is 10.6 Å². The lowest BCUT2D eigenvalue weighted by atomic mass is 10.2. The monoisotopic (exact) mass is 337 g/mol.